The Hall–Kier alpha value is -3.43. The lowest BCUT2D eigenvalue weighted by atomic mass is 9.85. The third kappa shape index (κ3) is 5.77. The van der Waals surface area contributed by atoms with Gasteiger partial charge in [0, 0.05) is 17.9 Å². The van der Waals surface area contributed by atoms with E-state index in [9.17, 15) is 14.4 Å². The molecule has 232 valence electrons. The number of fused-ring (bicyclic) bond motifs is 6. The highest BCUT2D eigenvalue weighted by molar-refractivity contribution is 5.89. The maximum Gasteiger partial charge on any atom is 0.408 e. The Morgan fingerprint density at radius 3 is 2.56 bits per heavy atom. The first kappa shape index (κ1) is 29.6. The standard InChI is InChI=1S/C33H44N4O6/c1-6-20-25(18-38)37-17-27(20)42-29-23(34-22-11-10-19(41-5)15-24(22)35-29)9-7-8-12-33(13-14-33)21-16-26(21)43-31(40)36-28(30(37)39)32(2,3)4/h10-11,15,18,20-21,25-28H,6-9,12-14,16-17H2,1-5H3,(H,36,40)/t20-,21+,25+,26+,27-,28+/m0/s1. The topological polar surface area (TPSA) is 120 Å². The van der Waals surface area contributed by atoms with Crippen LogP contribution in [0.3, 0.4) is 0 Å². The molecule has 3 heterocycles. The minimum atomic E-state index is -0.867. The lowest BCUT2D eigenvalue weighted by molar-refractivity contribution is -0.139. The highest BCUT2D eigenvalue weighted by Gasteiger charge is 2.60. The van der Waals surface area contributed by atoms with E-state index >= 15 is 0 Å². The summed E-state index contributed by atoms with van der Waals surface area (Å²) in [6.07, 6.45) is 7.30. The van der Waals surface area contributed by atoms with E-state index in [1.165, 1.54) is 0 Å². The quantitative estimate of drug-likeness (QED) is 0.502. The van der Waals surface area contributed by atoms with Crippen molar-refractivity contribution in [3.8, 4) is 11.6 Å². The molecule has 2 saturated carbocycles. The molecule has 3 fully saturated rings. The lowest BCUT2D eigenvalue weighted by Gasteiger charge is -2.34. The van der Waals surface area contributed by atoms with E-state index in [1.54, 1.807) is 12.0 Å². The molecule has 43 heavy (non-hydrogen) atoms. The molecule has 6 rings (SSSR count). The number of carbonyl (C=O) groups is 3. The van der Waals surface area contributed by atoms with Crippen molar-refractivity contribution in [3.05, 3.63) is 23.9 Å². The van der Waals surface area contributed by atoms with E-state index in [0.29, 0.717) is 35.9 Å². The first-order valence-corrected chi connectivity index (χ1v) is 15.8. The molecule has 0 unspecified atom stereocenters. The molecule has 1 saturated heterocycles. The van der Waals surface area contributed by atoms with Crippen LogP contribution in [0.15, 0.2) is 18.2 Å². The number of hydrogen-bond donors (Lipinski definition) is 1. The van der Waals surface area contributed by atoms with Crippen molar-refractivity contribution in [3.63, 3.8) is 0 Å². The van der Waals surface area contributed by atoms with Crippen molar-refractivity contribution in [1.82, 2.24) is 20.2 Å². The van der Waals surface area contributed by atoms with Crippen LogP contribution >= 0.6 is 0 Å². The number of carbonyl (C=O) groups excluding carboxylic acids is 3. The summed E-state index contributed by atoms with van der Waals surface area (Å²) in [5.74, 6) is 0.946. The zero-order chi connectivity index (χ0) is 30.5. The fraction of sp³-hybridized carbons (Fsp3) is 0.667. The Morgan fingerprint density at radius 1 is 1.09 bits per heavy atom. The summed E-state index contributed by atoms with van der Waals surface area (Å²) in [5.41, 5.74) is 1.86. The Bertz CT molecular complexity index is 1400. The second-order valence-electron chi connectivity index (χ2n) is 14.0. The van der Waals surface area contributed by atoms with Gasteiger partial charge in [-0.2, -0.15) is 0 Å². The van der Waals surface area contributed by atoms with Crippen LogP contribution in [0.2, 0.25) is 0 Å². The Balaban J connectivity index is 1.37. The SMILES string of the molecule is CC[C@@H]1[C@@H]2CN(C(=O)[C@H](C(C)(C)C)NC(=O)O[C@@H]3C[C@H]3C3(CCCCc4nc5ccc(OC)cc5nc4O2)CC3)[C@@H]1C=O. The van der Waals surface area contributed by atoms with Gasteiger partial charge < -0.3 is 29.2 Å². The number of aromatic nitrogens is 2. The fourth-order valence-electron chi connectivity index (χ4n) is 7.31. The minimum absolute atomic E-state index is 0.108. The number of aryl methyl sites for hydroxylation is 1. The molecule has 10 nitrogen and oxygen atoms in total. The van der Waals surface area contributed by atoms with Gasteiger partial charge in [0.15, 0.2) is 0 Å². The maximum atomic E-state index is 14.1. The predicted molar refractivity (Wildman–Crippen MR) is 160 cm³/mol. The van der Waals surface area contributed by atoms with Gasteiger partial charge in [0.1, 0.15) is 36.0 Å². The van der Waals surface area contributed by atoms with Crippen LogP contribution in [0.1, 0.15) is 78.3 Å². The van der Waals surface area contributed by atoms with E-state index in [2.05, 4.69) is 5.32 Å². The van der Waals surface area contributed by atoms with E-state index < -0.39 is 29.7 Å². The number of rotatable bonds is 3. The predicted octanol–water partition coefficient (Wildman–Crippen LogP) is 4.86. The molecule has 2 aliphatic carbocycles. The van der Waals surface area contributed by atoms with Gasteiger partial charge in [0.05, 0.1) is 30.7 Å². The zero-order valence-electron chi connectivity index (χ0n) is 25.9. The van der Waals surface area contributed by atoms with Crippen LogP contribution in [-0.2, 0) is 20.7 Å². The molecule has 6 atom stereocenters. The molecule has 2 aromatic rings. The molecule has 1 aromatic carbocycles. The highest BCUT2D eigenvalue weighted by Crippen LogP contribution is 2.64. The maximum absolute atomic E-state index is 14.1. The van der Waals surface area contributed by atoms with E-state index in [0.717, 1.165) is 56.0 Å². The van der Waals surface area contributed by atoms with Crippen molar-refractivity contribution >= 4 is 29.3 Å². The molecule has 2 aliphatic heterocycles. The lowest BCUT2D eigenvalue weighted by Crippen LogP contribution is -2.56. The molecule has 10 heteroatoms. The number of nitrogens with one attached hydrogen (secondary N) is 1. The van der Waals surface area contributed by atoms with Gasteiger partial charge in [0.2, 0.25) is 11.8 Å². The Labute approximate surface area is 253 Å². The first-order chi connectivity index (χ1) is 20.6. The highest BCUT2D eigenvalue weighted by atomic mass is 16.6. The second-order valence-corrected chi connectivity index (χ2v) is 14.0. The average molecular weight is 593 g/mol. The number of nitrogens with zero attached hydrogens (tertiary/aromatic N) is 3. The molecular formula is C33H44N4O6. The summed E-state index contributed by atoms with van der Waals surface area (Å²) >= 11 is 0. The van der Waals surface area contributed by atoms with Crippen molar-refractivity contribution < 1.29 is 28.6 Å². The van der Waals surface area contributed by atoms with Crippen molar-refractivity contribution in [2.45, 2.75) is 103 Å². The summed E-state index contributed by atoms with van der Waals surface area (Å²) in [7, 11) is 1.62. The van der Waals surface area contributed by atoms with Crippen LogP contribution in [-0.4, -0.2) is 71.1 Å². The van der Waals surface area contributed by atoms with Crippen molar-refractivity contribution in [2.24, 2.45) is 22.7 Å². The van der Waals surface area contributed by atoms with E-state index in [4.69, 9.17) is 24.2 Å². The fourth-order valence-corrected chi connectivity index (χ4v) is 7.31. The van der Waals surface area contributed by atoms with Crippen LogP contribution in [0.4, 0.5) is 4.79 Å². The number of aldehydes is 1. The minimum Gasteiger partial charge on any atom is -0.497 e. The van der Waals surface area contributed by atoms with Crippen LogP contribution < -0.4 is 14.8 Å². The Kier molecular flexibility index (Phi) is 7.75. The van der Waals surface area contributed by atoms with Gasteiger partial charge in [0.25, 0.3) is 0 Å². The van der Waals surface area contributed by atoms with E-state index in [-0.39, 0.29) is 29.9 Å². The molecule has 2 bridgehead atoms. The number of ether oxygens (including phenoxy) is 3. The summed E-state index contributed by atoms with van der Waals surface area (Å²) in [6.45, 7) is 7.92. The van der Waals surface area contributed by atoms with Gasteiger partial charge in [-0.15, -0.1) is 0 Å². The molecular weight excluding hydrogens is 548 g/mol. The van der Waals surface area contributed by atoms with Crippen LogP contribution in [0.5, 0.6) is 11.6 Å². The molecule has 2 amide bonds. The van der Waals surface area contributed by atoms with Crippen molar-refractivity contribution in [1.29, 1.82) is 0 Å². The molecule has 1 spiro atoms. The number of hydrogen-bond acceptors (Lipinski definition) is 8. The van der Waals surface area contributed by atoms with Gasteiger partial charge in [-0.3, -0.25) is 4.79 Å². The second kappa shape index (κ2) is 11.2. The van der Waals surface area contributed by atoms with E-state index in [1.807, 2.05) is 45.9 Å². The van der Waals surface area contributed by atoms with Gasteiger partial charge in [-0.25, -0.2) is 14.8 Å². The van der Waals surface area contributed by atoms with Gasteiger partial charge in [-0.1, -0.05) is 34.1 Å². The molecule has 0 radical (unpaired) electrons. The monoisotopic (exact) mass is 592 g/mol. The smallest absolute Gasteiger partial charge is 0.408 e. The summed E-state index contributed by atoms with van der Waals surface area (Å²) in [5, 5.41) is 2.88. The van der Waals surface area contributed by atoms with Gasteiger partial charge in [-0.05, 0) is 67.9 Å². The average Bonchev–Trinajstić information content (AvgIpc) is 3.89. The third-order valence-electron chi connectivity index (χ3n) is 10.1. The summed E-state index contributed by atoms with van der Waals surface area (Å²) in [6, 6.07) is 4.07. The summed E-state index contributed by atoms with van der Waals surface area (Å²) < 4.78 is 17.9. The molecule has 1 aromatic heterocycles. The molecule has 4 aliphatic rings. The van der Waals surface area contributed by atoms with Crippen LogP contribution in [0, 0.1) is 22.7 Å². The number of amides is 2. The van der Waals surface area contributed by atoms with Gasteiger partial charge >= 0.3 is 6.09 Å². The largest absolute Gasteiger partial charge is 0.497 e. The zero-order valence-corrected chi connectivity index (χ0v) is 25.9. The first-order valence-electron chi connectivity index (χ1n) is 15.8. The number of methoxy groups -OCH3 is 1. The molecule has 1 N–H and O–H groups in total. The van der Waals surface area contributed by atoms with Crippen molar-refractivity contribution in [2.75, 3.05) is 13.7 Å². The third-order valence-corrected chi connectivity index (χ3v) is 10.1. The van der Waals surface area contributed by atoms with Crippen LogP contribution in [0.25, 0.3) is 11.0 Å². The Morgan fingerprint density at radius 2 is 1.88 bits per heavy atom. The summed E-state index contributed by atoms with van der Waals surface area (Å²) in [4.78, 5) is 51.2. The number of alkyl carbamates (subject to hydrolysis) is 1. The number of benzene rings is 1. The normalized spacial score (nSPS) is 30.7.